The van der Waals surface area contributed by atoms with Crippen molar-refractivity contribution in [3.05, 3.63) is 65.0 Å². The first-order valence-electron chi connectivity index (χ1n) is 6.86. The maximum Gasteiger partial charge on any atom is 0.124 e. The molecule has 0 atom stereocenters. The number of hydrogen-bond acceptors (Lipinski definition) is 2. The van der Waals surface area contributed by atoms with Gasteiger partial charge < -0.3 is 10.6 Å². The van der Waals surface area contributed by atoms with Crippen molar-refractivity contribution in [2.24, 2.45) is 5.73 Å². The molecule has 0 amide bonds. The molecule has 0 bridgehead atoms. The first kappa shape index (κ1) is 15.1. The number of benzene rings is 2. The van der Waals surface area contributed by atoms with E-state index in [4.69, 9.17) is 5.73 Å². The summed E-state index contributed by atoms with van der Waals surface area (Å²) in [6.45, 7) is 3.01. The van der Waals surface area contributed by atoms with Crippen LogP contribution in [0.3, 0.4) is 0 Å². The Bertz CT molecular complexity index is 683. The van der Waals surface area contributed by atoms with E-state index in [0.717, 1.165) is 11.3 Å². The smallest absolute Gasteiger partial charge is 0.124 e. The quantitative estimate of drug-likeness (QED) is 0.877. The van der Waals surface area contributed by atoms with Crippen LogP contribution in [-0.4, -0.2) is 13.6 Å². The Morgan fingerprint density at radius 3 is 2.67 bits per heavy atom. The number of nitrogens with two attached hydrogens (primary N) is 1. The lowest BCUT2D eigenvalue weighted by molar-refractivity contribution is 0.626. The van der Waals surface area contributed by atoms with Gasteiger partial charge in [-0.1, -0.05) is 36.1 Å². The van der Waals surface area contributed by atoms with Gasteiger partial charge in [0.25, 0.3) is 0 Å². The standard InChI is InChI=1S/C18H19FN2/c1-14-6-3-4-8-18(14)21(2)13-16-9-10-17(19)12-15(16)7-5-11-20/h3-4,6,8-10,12H,11,13,20H2,1-2H3. The third-order valence-corrected chi connectivity index (χ3v) is 3.33. The molecule has 3 heteroatoms. The van der Waals surface area contributed by atoms with Crippen molar-refractivity contribution in [3.63, 3.8) is 0 Å². The number of hydrogen-bond donors (Lipinski definition) is 1. The minimum atomic E-state index is -0.279. The third-order valence-electron chi connectivity index (χ3n) is 3.33. The minimum Gasteiger partial charge on any atom is -0.370 e. The molecule has 0 aromatic heterocycles. The summed E-state index contributed by atoms with van der Waals surface area (Å²) in [7, 11) is 2.02. The fraction of sp³-hybridized carbons (Fsp3) is 0.222. The summed E-state index contributed by atoms with van der Waals surface area (Å²) in [5, 5.41) is 0. The monoisotopic (exact) mass is 282 g/mol. The maximum atomic E-state index is 13.4. The highest BCUT2D eigenvalue weighted by molar-refractivity contribution is 5.54. The van der Waals surface area contributed by atoms with Crippen molar-refractivity contribution in [1.82, 2.24) is 0 Å². The average molecular weight is 282 g/mol. The summed E-state index contributed by atoms with van der Waals surface area (Å²) in [6.07, 6.45) is 0. The molecular formula is C18H19FN2. The van der Waals surface area contributed by atoms with Gasteiger partial charge in [0.15, 0.2) is 0 Å². The van der Waals surface area contributed by atoms with Crippen LogP contribution in [-0.2, 0) is 6.54 Å². The molecule has 0 aliphatic heterocycles. The highest BCUT2D eigenvalue weighted by atomic mass is 19.1. The lowest BCUT2D eigenvalue weighted by atomic mass is 10.1. The van der Waals surface area contributed by atoms with Gasteiger partial charge in [-0.2, -0.15) is 0 Å². The number of nitrogens with zero attached hydrogens (tertiary/aromatic N) is 1. The maximum absolute atomic E-state index is 13.4. The summed E-state index contributed by atoms with van der Waals surface area (Å²) in [5.41, 5.74) is 9.44. The molecule has 0 aliphatic rings. The van der Waals surface area contributed by atoms with Crippen molar-refractivity contribution in [2.45, 2.75) is 13.5 Å². The number of para-hydroxylation sites is 1. The Kier molecular flexibility index (Phi) is 4.97. The normalized spacial score (nSPS) is 9.90. The summed E-state index contributed by atoms with van der Waals surface area (Å²) < 4.78 is 13.4. The van der Waals surface area contributed by atoms with Crippen LogP contribution in [0.2, 0.25) is 0 Å². The topological polar surface area (TPSA) is 29.3 Å². The van der Waals surface area contributed by atoms with Gasteiger partial charge in [0.2, 0.25) is 0 Å². The van der Waals surface area contributed by atoms with E-state index in [-0.39, 0.29) is 12.4 Å². The molecular weight excluding hydrogens is 263 g/mol. The van der Waals surface area contributed by atoms with Crippen LogP contribution in [0.1, 0.15) is 16.7 Å². The first-order chi connectivity index (χ1) is 10.1. The highest BCUT2D eigenvalue weighted by Gasteiger charge is 2.08. The lowest BCUT2D eigenvalue weighted by Crippen LogP contribution is -2.18. The predicted octanol–water partition coefficient (Wildman–Crippen LogP) is 3.08. The van der Waals surface area contributed by atoms with Crippen LogP contribution in [0.4, 0.5) is 10.1 Å². The van der Waals surface area contributed by atoms with Crippen LogP contribution < -0.4 is 10.6 Å². The zero-order valence-electron chi connectivity index (χ0n) is 12.4. The van der Waals surface area contributed by atoms with Crippen molar-refractivity contribution in [1.29, 1.82) is 0 Å². The second-order valence-corrected chi connectivity index (χ2v) is 4.95. The Balaban J connectivity index is 2.29. The summed E-state index contributed by atoms with van der Waals surface area (Å²) in [5.74, 6) is 5.45. The number of aryl methyl sites for hydroxylation is 1. The van der Waals surface area contributed by atoms with Crippen molar-refractivity contribution < 1.29 is 4.39 Å². The summed E-state index contributed by atoms with van der Waals surface area (Å²) in [4.78, 5) is 2.14. The van der Waals surface area contributed by atoms with Gasteiger partial charge in [-0.25, -0.2) is 4.39 Å². The molecule has 2 N–H and O–H groups in total. The van der Waals surface area contributed by atoms with Gasteiger partial charge in [0, 0.05) is 24.8 Å². The van der Waals surface area contributed by atoms with Gasteiger partial charge in [-0.05, 0) is 36.2 Å². The van der Waals surface area contributed by atoms with Crippen molar-refractivity contribution >= 4 is 5.69 Å². The van der Waals surface area contributed by atoms with Crippen LogP contribution in [0.15, 0.2) is 42.5 Å². The van der Waals surface area contributed by atoms with E-state index in [2.05, 4.69) is 35.8 Å². The van der Waals surface area contributed by atoms with E-state index >= 15 is 0 Å². The molecule has 0 saturated carbocycles. The molecule has 0 saturated heterocycles. The molecule has 2 rings (SSSR count). The number of rotatable bonds is 3. The molecule has 0 unspecified atom stereocenters. The van der Waals surface area contributed by atoms with E-state index in [0.29, 0.717) is 12.1 Å². The molecule has 2 nitrogen and oxygen atoms in total. The number of halogens is 1. The van der Waals surface area contributed by atoms with Crippen molar-refractivity contribution in [3.8, 4) is 11.8 Å². The molecule has 0 aliphatic carbocycles. The molecule has 2 aromatic rings. The second-order valence-electron chi connectivity index (χ2n) is 4.95. The van der Waals surface area contributed by atoms with Gasteiger partial charge in [0.1, 0.15) is 5.82 Å². The third kappa shape index (κ3) is 3.84. The van der Waals surface area contributed by atoms with Crippen LogP contribution in [0.5, 0.6) is 0 Å². The van der Waals surface area contributed by atoms with Crippen LogP contribution in [0.25, 0.3) is 0 Å². The van der Waals surface area contributed by atoms with Gasteiger partial charge in [-0.3, -0.25) is 0 Å². The highest BCUT2D eigenvalue weighted by Crippen LogP contribution is 2.21. The summed E-state index contributed by atoms with van der Waals surface area (Å²) >= 11 is 0. The van der Waals surface area contributed by atoms with E-state index in [1.165, 1.54) is 17.7 Å². The van der Waals surface area contributed by atoms with Gasteiger partial charge in [-0.15, -0.1) is 0 Å². The minimum absolute atomic E-state index is 0.267. The van der Waals surface area contributed by atoms with Crippen LogP contribution in [0, 0.1) is 24.6 Å². The fourth-order valence-corrected chi connectivity index (χ4v) is 2.28. The van der Waals surface area contributed by atoms with E-state index in [1.54, 1.807) is 6.07 Å². The zero-order valence-corrected chi connectivity index (χ0v) is 12.4. The Hall–Kier alpha value is -2.31. The average Bonchev–Trinajstić information content (AvgIpc) is 2.47. The molecule has 2 aromatic carbocycles. The SMILES string of the molecule is Cc1ccccc1N(C)Cc1ccc(F)cc1C#CCN. The van der Waals surface area contributed by atoms with Crippen molar-refractivity contribution in [2.75, 3.05) is 18.5 Å². The van der Waals surface area contributed by atoms with Gasteiger partial charge in [0.05, 0.1) is 6.54 Å². The molecule has 21 heavy (non-hydrogen) atoms. The zero-order chi connectivity index (χ0) is 15.2. The van der Waals surface area contributed by atoms with E-state index in [1.807, 2.05) is 19.2 Å². The predicted molar refractivity (Wildman–Crippen MR) is 85.6 cm³/mol. The second kappa shape index (κ2) is 6.92. The van der Waals surface area contributed by atoms with Gasteiger partial charge >= 0.3 is 0 Å². The molecule has 0 heterocycles. The molecule has 0 fully saturated rings. The molecule has 0 spiro atoms. The van der Waals surface area contributed by atoms with E-state index in [9.17, 15) is 4.39 Å². The molecule has 108 valence electrons. The Morgan fingerprint density at radius 2 is 1.95 bits per heavy atom. The van der Waals surface area contributed by atoms with Crippen LogP contribution >= 0.6 is 0 Å². The molecule has 0 radical (unpaired) electrons. The lowest BCUT2D eigenvalue weighted by Gasteiger charge is -2.22. The Morgan fingerprint density at radius 1 is 1.19 bits per heavy atom. The number of anilines is 1. The summed E-state index contributed by atoms with van der Waals surface area (Å²) in [6, 6.07) is 12.9. The van der Waals surface area contributed by atoms with E-state index < -0.39 is 0 Å². The Labute approximate surface area is 125 Å². The largest absolute Gasteiger partial charge is 0.370 e. The fourth-order valence-electron chi connectivity index (χ4n) is 2.28. The first-order valence-corrected chi connectivity index (χ1v) is 6.86.